The van der Waals surface area contributed by atoms with Crippen LogP contribution < -0.4 is 10.2 Å². The maximum atomic E-state index is 14.5. The lowest BCUT2D eigenvalue weighted by Gasteiger charge is -2.37. The van der Waals surface area contributed by atoms with E-state index in [0.717, 1.165) is 16.8 Å². The molecule has 5 heterocycles. The molecule has 4 atom stereocenters. The van der Waals surface area contributed by atoms with Gasteiger partial charge in [0.15, 0.2) is 11.6 Å². The fourth-order valence-corrected chi connectivity index (χ4v) is 7.05. The van der Waals surface area contributed by atoms with Crippen molar-refractivity contribution < 1.29 is 14.4 Å². The fourth-order valence-electron chi connectivity index (χ4n) is 6.35. The number of hydrogen-bond donors (Lipinski definition) is 1. The first kappa shape index (κ1) is 21.9. The molecular weight excluding hydrogens is 482 g/mol. The highest BCUT2D eigenvalue weighted by Gasteiger charge is 2.70. The number of hydrogen-bond acceptors (Lipinski definition) is 6. The van der Waals surface area contributed by atoms with Gasteiger partial charge in [-0.15, -0.1) is 11.3 Å². The van der Waals surface area contributed by atoms with Crippen LogP contribution in [0.3, 0.4) is 0 Å². The minimum atomic E-state index is -1.31. The Balaban J connectivity index is 1.55. The molecule has 3 aliphatic heterocycles. The monoisotopic (exact) mass is 503 g/mol. The zero-order valence-electron chi connectivity index (χ0n) is 19.6. The maximum Gasteiger partial charge on any atom is 0.238 e. The third-order valence-electron chi connectivity index (χ3n) is 7.77. The summed E-state index contributed by atoms with van der Waals surface area (Å²) in [6.45, 7) is 0. The Hall–Kier alpha value is -4.36. The van der Waals surface area contributed by atoms with E-state index in [1.54, 1.807) is 30.5 Å². The Morgan fingerprint density at radius 1 is 0.919 bits per heavy atom. The molecule has 0 saturated carbocycles. The van der Waals surface area contributed by atoms with Crippen LogP contribution in [0.1, 0.15) is 31.3 Å². The van der Waals surface area contributed by atoms with Crippen LogP contribution in [-0.2, 0) is 10.2 Å². The third kappa shape index (κ3) is 2.92. The second kappa shape index (κ2) is 8.08. The summed E-state index contributed by atoms with van der Waals surface area (Å²) in [7, 11) is 0. The van der Waals surface area contributed by atoms with Gasteiger partial charge in [0, 0.05) is 17.6 Å². The molecule has 0 bridgehead atoms. The summed E-state index contributed by atoms with van der Waals surface area (Å²) in [6, 6.07) is 22.6. The second-order valence-electron chi connectivity index (χ2n) is 9.48. The van der Waals surface area contributed by atoms with Gasteiger partial charge < -0.3 is 10.2 Å². The summed E-state index contributed by atoms with van der Waals surface area (Å²) in [5.74, 6) is -1.76. The number of Topliss-reactive ketones (excluding diaryl/α,β-unsaturated/α-hetero) is 2. The van der Waals surface area contributed by atoms with Crippen molar-refractivity contribution in [2.75, 3.05) is 10.2 Å². The van der Waals surface area contributed by atoms with Crippen molar-refractivity contribution in [3.05, 3.63) is 118 Å². The molecule has 7 rings (SSSR count). The minimum Gasteiger partial charge on any atom is -0.352 e. The molecule has 1 saturated heterocycles. The molecule has 4 aromatic rings. The first-order valence-electron chi connectivity index (χ1n) is 12.1. The van der Waals surface area contributed by atoms with Crippen molar-refractivity contribution in [1.29, 1.82) is 0 Å². The number of aromatic nitrogens is 1. The minimum absolute atomic E-state index is 0.173. The van der Waals surface area contributed by atoms with Gasteiger partial charge in [0.05, 0.1) is 16.8 Å². The molecule has 3 aliphatic rings. The number of carbonyl (C=O) groups is 3. The molecule has 0 aliphatic carbocycles. The van der Waals surface area contributed by atoms with Crippen LogP contribution in [0.2, 0.25) is 0 Å². The lowest BCUT2D eigenvalue weighted by atomic mass is 9.64. The van der Waals surface area contributed by atoms with E-state index in [4.69, 9.17) is 0 Å². The zero-order valence-corrected chi connectivity index (χ0v) is 20.4. The van der Waals surface area contributed by atoms with Gasteiger partial charge in [0.1, 0.15) is 17.2 Å². The predicted octanol–water partition coefficient (Wildman–Crippen LogP) is 5.00. The lowest BCUT2D eigenvalue weighted by molar-refractivity contribution is -0.121. The number of benzene rings is 2. The Bertz CT molecular complexity index is 1600. The smallest absolute Gasteiger partial charge is 0.238 e. The molecule has 0 unspecified atom stereocenters. The van der Waals surface area contributed by atoms with Gasteiger partial charge in [-0.3, -0.25) is 19.4 Å². The van der Waals surface area contributed by atoms with Gasteiger partial charge >= 0.3 is 0 Å². The number of para-hydroxylation sites is 2. The van der Waals surface area contributed by atoms with Crippen molar-refractivity contribution in [1.82, 2.24) is 4.98 Å². The summed E-state index contributed by atoms with van der Waals surface area (Å²) in [4.78, 5) is 49.9. The maximum absolute atomic E-state index is 14.5. The first-order valence-corrected chi connectivity index (χ1v) is 13.0. The molecular formula is C30H21N3O3S. The van der Waals surface area contributed by atoms with Crippen LogP contribution in [-0.4, -0.2) is 34.5 Å². The summed E-state index contributed by atoms with van der Waals surface area (Å²) >= 11 is 1.34. The molecule has 6 nitrogen and oxygen atoms in total. The number of rotatable bonds is 4. The first-order chi connectivity index (χ1) is 18.1. The number of thiophene rings is 1. The highest BCUT2D eigenvalue weighted by Crippen LogP contribution is 2.58. The Kier molecular flexibility index (Phi) is 4.78. The van der Waals surface area contributed by atoms with Gasteiger partial charge in [-0.25, -0.2) is 0 Å². The van der Waals surface area contributed by atoms with Crippen LogP contribution in [0, 0.1) is 5.92 Å². The van der Waals surface area contributed by atoms with Crippen molar-refractivity contribution in [3.8, 4) is 0 Å². The Morgan fingerprint density at radius 3 is 2.54 bits per heavy atom. The molecule has 180 valence electrons. The van der Waals surface area contributed by atoms with E-state index in [9.17, 15) is 14.4 Å². The number of carbonyl (C=O) groups excluding carboxylic acids is 3. The van der Waals surface area contributed by atoms with Crippen LogP contribution in [0.5, 0.6) is 0 Å². The highest BCUT2D eigenvalue weighted by molar-refractivity contribution is 7.12. The van der Waals surface area contributed by atoms with E-state index >= 15 is 0 Å². The molecule has 2 aromatic carbocycles. The molecule has 7 heteroatoms. The van der Waals surface area contributed by atoms with Gasteiger partial charge in [0.25, 0.3) is 0 Å². The molecule has 2 aromatic heterocycles. The predicted molar refractivity (Wildman–Crippen MR) is 143 cm³/mol. The average Bonchev–Trinajstić information content (AvgIpc) is 3.65. The average molecular weight is 504 g/mol. The highest BCUT2D eigenvalue weighted by atomic mass is 32.1. The van der Waals surface area contributed by atoms with Crippen molar-refractivity contribution in [3.63, 3.8) is 0 Å². The second-order valence-corrected chi connectivity index (χ2v) is 10.4. The summed E-state index contributed by atoms with van der Waals surface area (Å²) in [6.07, 6.45) is 5.54. The largest absolute Gasteiger partial charge is 0.352 e. The van der Waals surface area contributed by atoms with Gasteiger partial charge in [-0.1, -0.05) is 60.7 Å². The fraction of sp³-hybridized carbons (Fsp3) is 0.133. The number of anilines is 2. The number of nitrogens with one attached hydrogen (secondary N) is 1. The number of amides is 1. The summed E-state index contributed by atoms with van der Waals surface area (Å²) in [5.41, 5.74) is 2.10. The summed E-state index contributed by atoms with van der Waals surface area (Å²) in [5, 5.41) is 4.89. The number of ketones is 2. The van der Waals surface area contributed by atoms with Crippen LogP contribution >= 0.6 is 11.3 Å². The molecule has 1 spiro atoms. The van der Waals surface area contributed by atoms with E-state index < -0.39 is 23.4 Å². The lowest BCUT2D eigenvalue weighted by Crippen LogP contribution is -2.51. The molecule has 1 fully saturated rings. The Labute approximate surface area is 217 Å². The number of nitrogens with zero attached hydrogens (tertiary/aromatic N) is 2. The normalized spacial score (nSPS) is 24.9. The molecule has 37 heavy (non-hydrogen) atoms. The van der Waals surface area contributed by atoms with E-state index in [1.807, 2.05) is 77.0 Å². The third-order valence-corrected chi connectivity index (χ3v) is 8.66. The summed E-state index contributed by atoms with van der Waals surface area (Å²) < 4.78 is 0. The standard InChI is InChI=1S/C30H21N3O3S/c34-27(21-11-5-6-16-31-21)25-26(28(35)23-13-7-17-37-23)33-22-12-4-1-8-18(22)14-15-24(33)30(25)19-9-2-3-10-20(19)32-29(30)36/h1-17,24-26H,(H,32,36)/t24-,25-,26+,30+/m1/s1. The number of fused-ring (bicyclic) bond motifs is 6. The van der Waals surface area contributed by atoms with Crippen molar-refractivity contribution in [2.45, 2.75) is 17.5 Å². The zero-order chi connectivity index (χ0) is 25.1. The van der Waals surface area contributed by atoms with E-state index in [-0.39, 0.29) is 23.2 Å². The topological polar surface area (TPSA) is 79.4 Å². The number of pyridine rings is 1. The van der Waals surface area contributed by atoms with Crippen LogP contribution in [0.15, 0.2) is 96.5 Å². The van der Waals surface area contributed by atoms with Gasteiger partial charge in [-0.05, 0) is 46.8 Å². The van der Waals surface area contributed by atoms with Crippen molar-refractivity contribution >= 4 is 46.3 Å². The molecule has 1 N–H and O–H groups in total. The molecule has 1 amide bonds. The quantitative estimate of drug-likeness (QED) is 0.397. The Morgan fingerprint density at radius 2 is 1.73 bits per heavy atom. The van der Waals surface area contributed by atoms with Crippen LogP contribution in [0.25, 0.3) is 6.08 Å². The van der Waals surface area contributed by atoms with Crippen molar-refractivity contribution in [2.24, 2.45) is 5.92 Å². The van der Waals surface area contributed by atoms with E-state index in [1.165, 1.54) is 11.3 Å². The molecule has 0 radical (unpaired) electrons. The van der Waals surface area contributed by atoms with E-state index in [2.05, 4.69) is 10.3 Å². The van der Waals surface area contributed by atoms with Gasteiger partial charge in [-0.2, -0.15) is 0 Å². The van der Waals surface area contributed by atoms with Gasteiger partial charge in [0.2, 0.25) is 5.91 Å². The van der Waals surface area contributed by atoms with Crippen LogP contribution in [0.4, 0.5) is 11.4 Å². The van der Waals surface area contributed by atoms with E-state index in [0.29, 0.717) is 10.6 Å². The SMILES string of the molecule is O=C(c1cccs1)[C@@H]1[C@H](C(=O)c2ccccn2)[C@@]2(C(=O)Nc3ccccc32)[C@H]2C=Cc3ccccc3N12.